The molecular formula is C21H21ClN2O2. The number of nitrogens with one attached hydrogen (secondary N) is 1. The van der Waals surface area contributed by atoms with Gasteiger partial charge >= 0.3 is 0 Å². The molecule has 0 atom stereocenters. The minimum absolute atomic E-state index is 0.123. The SMILES string of the molecule is COCCNC(=O)c1cc(-c2ccccc2)n(-c2ccccc2Cl)c1C. The van der Waals surface area contributed by atoms with Crippen molar-refractivity contribution >= 4 is 17.5 Å². The van der Waals surface area contributed by atoms with E-state index in [1.165, 1.54) is 0 Å². The molecule has 3 aromatic rings. The van der Waals surface area contributed by atoms with Gasteiger partial charge in [-0.2, -0.15) is 0 Å². The molecule has 2 aromatic carbocycles. The maximum absolute atomic E-state index is 12.6. The first-order chi connectivity index (χ1) is 12.6. The highest BCUT2D eigenvalue weighted by atomic mass is 35.5. The van der Waals surface area contributed by atoms with Crippen molar-refractivity contribution in [1.29, 1.82) is 0 Å². The molecule has 0 spiro atoms. The number of ether oxygens (including phenoxy) is 1. The number of aromatic nitrogens is 1. The average Bonchev–Trinajstić information content (AvgIpc) is 3.00. The van der Waals surface area contributed by atoms with Crippen molar-refractivity contribution in [1.82, 2.24) is 9.88 Å². The van der Waals surface area contributed by atoms with E-state index >= 15 is 0 Å². The topological polar surface area (TPSA) is 43.3 Å². The van der Waals surface area contributed by atoms with Gasteiger partial charge in [0.05, 0.1) is 28.6 Å². The number of rotatable bonds is 6. The number of carbonyl (C=O) groups excluding carboxylic acids is 1. The third-order valence-corrected chi connectivity index (χ3v) is 4.57. The van der Waals surface area contributed by atoms with E-state index in [9.17, 15) is 4.79 Å². The summed E-state index contributed by atoms with van der Waals surface area (Å²) in [5.74, 6) is -0.123. The molecule has 1 amide bonds. The van der Waals surface area contributed by atoms with Crippen molar-refractivity contribution in [2.45, 2.75) is 6.92 Å². The van der Waals surface area contributed by atoms with Crippen molar-refractivity contribution in [3.63, 3.8) is 0 Å². The molecule has 0 saturated carbocycles. The zero-order valence-electron chi connectivity index (χ0n) is 14.8. The number of benzene rings is 2. The van der Waals surface area contributed by atoms with Crippen LogP contribution in [0.1, 0.15) is 16.1 Å². The molecule has 0 aliphatic carbocycles. The Hall–Kier alpha value is -2.56. The molecule has 0 aliphatic heterocycles. The molecule has 0 fully saturated rings. The van der Waals surface area contributed by atoms with Crippen LogP contribution in [0.25, 0.3) is 16.9 Å². The predicted octanol–water partition coefficient (Wildman–Crippen LogP) is 4.48. The zero-order valence-corrected chi connectivity index (χ0v) is 15.6. The quantitative estimate of drug-likeness (QED) is 0.652. The number of hydrogen-bond donors (Lipinski definition) is 1. The normalized spacial score (nSPS) is 10.7. The number of carbonyl (C=O) groups is 1. The molecule has 4 nitrogen and oxygen atoms in total. The molecule has 1 aromatic heterocycles. The smallest absolute Gasteiger partial charge is 0.253 e. The van der Waals surface area contributed by atoms with Crippen molar-refractivity contribution < 1.29 is 9.53 Å². The minimum Gasteiger partial charge on any atom is -0.383 e. The molecule has 3 rings (SSSR count). The van der Waals surface area contributed by atoms with Crippen LogP contribution in [0.2, 0.25) is 5.02 Å². The second kappa shape index (κ2) is 8.21. The van der Waals surface area contributed by atoms with Crippen LogP contribution in [-0.4, -0.2) is 30.7 Å². The van der Waals surface area contributed by atoms with E-state index in [0.29, 0.717) is 23.7 Å². The molecule has 134 valence electrons. The number of hydrogen-bond acceptors (Lipinski definition) is 2. The predicted molar refractivity (Wildman–Crippen MR) is 105 cm³/mol. The summed E-state index contributed by atoms with van der Waals surface area (Å²) in [5, 5.41) is 3.52. The first kappa shape index (κ1) is 18.2. The second-order valence-corrected chi connectivity index (χ2v) is 6.34. The maximum Gasteiger partial charge on any atom is 0.253 e. The summed E-state index contributed by atoms with van der Waals surface area (Å²) >= 11 is 6.44. The standard InChI is InChI=1S/C21H21ClN2O2/c1-15-17(21(25)23-12-13-26-2)14-20(16-8-4-3-5-9-16)24(15)19-11-7-6-10-18(19)22/h3-11,14H,12-13H2,1-2H3,(H,23,25). The molecule has 0 saturated heterocycles. The van der Waals surface area contributed by atoms with Gasteiger partial charge in [0.25, 0.3) is 5.91 Å². The van der Waals surface area contributed by atoms with Gasteiger partial charge in [-0.3, -0.25) is 4.79 Å². The maximum atomic E-state index is 12.6. The lowest BCUT2D eigenvalue weighted by atomic mass is 10.1. The summed E-state index contributed by atoms with van der Waals surface area (Å²) in [6, 6.07) is 19.5. The first-order valence-electron chi connectivity index (χ1n) is 8.43. The van der Waals surface area contributed by atoms with E-state index in [0.717, 1.165) is 22.6 Å². The lowest BCUT2D eigenvalue weighted by Gasteiger charge is -2.14. The van der Waals surface area contributed by atoms with E-state index in [1.807, 2.05) is 72.2 Å². The Morgan fingerprint density at radius 1 is 1.12 bits per heavy atom. The van der Waals surface area contributed by atoms with Crippen LogP contribution in [0.4, 0.5) is 0 Å². The highest BCUT2D eigenvalue weighted by Gasteiger charge is 2.20. The minimum atomic E-state index is -0.123. The van der Waals surface area contributed by atoms with Gasteiger partial charge in [-0.05, 0) is 30.7 Å². The Labute approximate surface area is 158 Å². The molecule has 26 heavy (non-hydrogen) atoms. The van der Waals surface area contributed by atoms with Crippen LogP contribution in [-0.2, 0) is 4.74 Å². The summed E-state index contributed by atoms with van der Waals surface area (Å²) in [6.07, 6.45) is 0. The van der Waals surface area contributed by atoms with Gasteiger partial charge in [-0.25, -0.2) is 0 Å². The summed E-state index contributed by atoms with van der Waals surface area (Å²) < 4.78 is 7.03. The number of methoxy groups -OCH3 is 1. The Morgan fingerprint density at radius 3 is 2.50 bits per heavy atom. The Bertz CT molecular complexity index is 904. The fourth-order valence-electron chi connectivity index (χ4n) is 2.96. The fourth-order valence-corrected chi connectivity index (χ4v) is 3.18. The molecule has 0 aliphatic rings. The summed E-state index contributed by atoms with van der Waals surface area (Å²) in [5.41, 5.74) is 4.26. The van der Waals surface area contributed by atoms with Crippen molar-refractivity contribution in [3.8, 4) is 16.9 Å². The second-order valence-electron chi connectivity index (χ2n) is 5.93. The monoisotopic (exact) mass is 368 g/mol. The molecule has 0 unspecified atom stereocenters. The van der Waals surface area contributed by atoms with Crippen LogP contribution >= 0.6 is 11.6 Å². The van der Waals surface area contributed by atoms with Crippen LogP contribution in [0.15, 0.2) is 60.7 Å². The molecule has 5 heteroatoms. The third-order valence-electron chi connectivity index (χ3n) is 4.25. The van der Waals surface area contributed by atoms with Gasteiger partial charge in [0.1, 0.15) is 0 Å². The van der Waals surface area contributed by atoms with E-state index < -0.39 is 0 Å². The number of halogens is 1. The van der Waals surface area contributed by atoms with Gasteiger partial charge in [-0.15, -0.1) is 0 Å². The molecular weight excluding hydrogens is 348 g/mol. The number of nitrogens with zero attached hydrogens (tertiary/aromatic N) is 1. The van der Waals surface area contributed by atoms with Crippen molar-refractivity contribution in [2.75, 3.05) is 20.3 Å². The van der Waals surface area contributed by atoms with E-state index in [1.54, 1.807) is 7.11 Å². The summed E-state index contributed by atoms with van der Waals surface area (Å²) in [4.78, 5) is 12.6. The van der Waals surface area contributed by atoms with Gasteiger partial charge in [0, 0.05) is 19.3 Å². The van der Waals surface area contributed by atoms with Gasteiger partial charge in [-0.1, -0.05) is 54.1 Å². The Morgan fingerprint density at radius 2 is 1.81 bits per heavy atom. The average molecular weight is 369 g/mol. The van der Waals surface area contributed by atoms with Crippen LogP contribution in [0, 0.1) is 6.92 Å². The molecule has 0 bridgehead atoms. The van der Waals surface area contributed by atoms with Gasteiger partial charge in [0.2, 0.25) is 0 Å². The Balaban J connectivity index is 2.12. The number of para-hydroxylation sites is 1. The van der Waals surface area contributed by atoms with Crippen LogP contribution < -0.4 is 5.32 Å². The van der Waals surface area contributed by atoms with Gasteiger partial charge in [0.15, 0.2) is 0 Å². The van der Waals surface area contributed by atoms with E-state index in [-0.39, 0.29) is 5.91 Å². The molecule has 1 heterocycles. The fraction of sp³-hybridized carbons (Fsp3) is 0.190. The first-order valence-corrected chi connectivity index (χ1v) is 8.81. The van der Waals surface area contributed by atoms with Crippen molar-refractivity contribution in [2.24, 2.45) is 0 Å². The summed E-state index contributed by atoms with van der Waals surface area (Å²) in [7, 11) is 1.61. The Kier molecular flexibility index (Phi) is 5.76. The highest BCUT2D eigenvalue weighted by molar-refractivity contribution is 6.32. The largest absolute Gasteiger partial charge is 0.383 e. The lowest BCUT2D eigenvalue weighted by Crippen LogP contribution is -2.27. The van der Waals surface area contributed by atoms with Crippen LogP contribution in [0.3, 0.4) is 0 Å². The summed E-state index contributed by atoms with van der Waals surface area (Å²) in [6.45, 7) is 2.87. The van der Waals surface area contributed by atoms with Gasteiger partial charge < -0.3 is 14.6 Å². The zero-order chi connectivity index (χ0) is 18.5. The van der Waals surface area contributed by atoms with Crippen LogP contribution in [0.5, 0.6) is 0 Å². The van der Waals surface area contributed by atoms with Crippen molar-refractivity contribution in [3.05, 3.63) is 76.9 Å². The highest BCUT2D eigenvalue weighted by Crippen LogP contribution is 2.32. The molecule has 0 radical (unpaired) electrons. The molecule has 1 N–H and O–H groups in total. The lowest BCUT2D eigenvalue weighted by molar-refractivity contribution is 0.0936. The number of amides is 1. The van der Waals surface area contributed by atoms with E-state index in [4.69, 9.17) is 16.3 Å². The van der Waals surface area contributed by atoms with E-state index in [2.05, 4.69) is 5.32 Å². The third kappa shape index (κ3) is 3.66.